The molecule has 0 aliphatic heterocycles. The largest absolute Gasteiger partial charge is 0.411 e. The molecule has 0 heterocycles. The highest BCUT2D eigenvalue weighted by atomic mass is 19.1. The topological polar surface area (TPSA) is 49.7 Å². The second-order valence-corrected chi connectivity index (χ2v) is 2.48. The zero-order valence-corrected chi connectivity index (χ0v) is 6.77. The van der Waals surface area contributed by atoms with Gasteiger partial charge in [-0.25, -0.2) is 4.39 Å². The Hall–Kier alpha value is -1.71. The quantitative estimate of drug-likeness (QED) is 0.435. The molecule has 0 aromatic heterocycles. The molecule has 0 bridgehead atoms. The summed E-state index contributed by atoms with van der Waals surface area (Å²) in [6.07, 6.45) is 0.670. The Morgan fingerprint density at radius 3 is 2.85 bits per heavy atom. The van der Waals surface area contributed by atoms with Gasteiger partial charge in [-0.05, 0) is 11.6 Å². The lowest BCUT2D eigenvalue weighted by Gasteiger charge is -1.97. The van der Waals surface area contributed by atoms with Gasteiger partial charge in [0.05, 0.1) is 0 Å². The summed E-state index contributed by atoms with van der Waals surface area (Å²) in [5, 5.41) is 10.6. The van der Waals surface area contributed by atoms with Crippen molar-refractivity contribution in [1.29, 1.82) is 0 Å². The number of ketones is 1. The zero-order chi connectivity index (χ0) is 9.68. The van der Waals surface area contributed by atoms with Crippen LogP contribution >= 0.6 is 0 Å². The highest BCUT2D eigenvalue weighted by molar-refractivity contribution is 6.27. The van der Waals surface area contributed by atoms with E-state index in [0.29, 0.717) is 5.56 Å². The molecule has 0 saturated heterocycles. The average molecular weight is 181 g/mol. The molecule has 0 atom stereocenters. The van der Waals surface area contributed by atoms with Crippen molar-refractivity contribution < 1.29 is 14.4 Å². The maximum atomic E-state index is 12.9. The van der Waals surface area contributed by atoms with Gasteiger partial charge in [-0.2, -0.15) is 0 Å². The molecule has 0 aliphatic rings. The highest BCUT2D eigenvalue weighted by Crippen LogP contribution is 2.06. The van der Waals surface area contributed by atoms with E-state index in [-0.39, 0.29) is 6.42 Å². The highest BCUT2D eigenvalue weighted by Gasteiger charge is 2.04. The van der Waals surface area contributed by atoms with E-state index in [2.05, 4.69) is 5.16 Å². The van der Waals surface area contributed by atoms with Gasteiger partial charge in [-0.1, -0.05) is 23.4 Å². The Morgan fingerprint density at radius 1 is 1.54 bits per heavy atom. The van der Waals surface area contributed by atoms with Gasteiger partial charge in [-0.3, -0.25) is 4.79 Å². The molecule has 68 valence electrons. The maximum absolute atomic E-state index is 12.9. The molecular weight excluding hydrogens is 173 g/mol. The van der Waals surface area contributed by atoms with Crippen molar-refractivity contribution in [3.8, 4) is 0 Å². The summed E-state index contributed by atoms with van der Waals surface area (Å²) >= 11 is 0. The first-order valence-corrected chi connectivity index (χ1v) is 3.67. The van der Waals surface area contributed by atoms with E-state index in [1.807, 2.05) is 0 Å². The fourth-order valence-electron chi connectivity index (χ4n) is 0.940. The Kier molecular flexibility index (Phi) is 3.14. The van der Waals surface area contributed by atoms with E-state index in [1.54, 1.807) is 12.1 Å². The average Bonchev–Trinajstić information content (AvgIpc) is 2.09. The minimum Gasteiger partial charge on any atom is -0.411 e. The summed E-state index contributed by atoms with van der Waals surface area (Å²) in [4.78, 5) is 10.9. The first-order chi connectivity index (χ1) is 6.24. The van der Waals surface area contributed by atoms with E-state index >= 15 is 0 Å². The number of Topliss-reactive ketones (excluding diaryl/α,β-unsaturated/α-hetero) is 1. The fraction of sp³-hybridized carbons (Fsp3) is 0.111. The van der Waals surface area contributed by atoms with Crippen LogP contribution in [0, 0.1) is 5.82 Å². The van der Waals surface area contributed by atoms with Gasteiger partial charge in [0.15, 0.2) is 5.78 Å². The van der Waals surface area contributed by atoms with Crippen LogP contribution in [0.5, 0.6) is 0 Å². The molecule has 13 heavy (non-hydrogen) atoms. The van der Waals surface area contributed by atoms with Gasteiger partial charge in [0, 0.05) is 6.42 Å². The molecule has 0 amide bonds. The lowest BCUT2D eigenvalue weighted by molar-refractivity contribution is -0.112. The summed E-state index contributed by atoms with van der Waals surface area (Å²) in [6.45, 7) is 0. The SMILES string of the molecule is O=C(/C=N/O)Cc1ccccc1F. The van der Waals surface area contributed by atoms with Gasteiger partial charge >= 0.3 is 0 Å². The van der Waals surface area contributed by atoms with Crippen molar-refractivity contribution in [2.45, 2.75) is 6.42 Å². The second kappa shape index (κ2) is 4.35. The van der Waals surface area contributed by atoms with Crippen molar-refractivity contribution in [2.24, 2.45) is 5.16 Å². The number of benzene rings is 1. The molecular formula is C9H8FNO2. The standard InChI is InChI=1S/C9H8FNO2/c10-9-4-2-1-3-7(9)5-8(12)6-11-13/h1-4,6,13H,5H2/b11-6+. The molecule has 1 aromatic carbocycles. The third kappa shape index (κ3) is 2.66. The third-order valence-electron chi connectivity index (χ3n) is 1.52. The number of rotatable bonds is 3. The number of oxime groups is 1. The van der Waals surface area contributed by atoms with E-state index in [0.717, 1.165) is 6.21 Å². The molecule has 0 radical (unpaired) electrons. The van der Waals surface area contributed by atoms with E-state index in [4.69, 9.17) is 5.21 Å². The first-order valence-electron chi connectivity index (χ1n) is 3.67. The molecule has 1 aromatic rings. The number of nitrogens with zero attached hydrogens (tertiary/aromatic N) is 1. The molecule has 0 saturated carbocycles. The Bertz CT molecular complexity index is 336. The minimum atomic E-state index is -0.437. The molecule has 1 N–H and O–H groups in total. The van der Waals surface area contributed by atoms with Crippen molar-refractivity contribution in [3.63, 3.8) is 0 Å². The monoisotopic (exact) mass is 181 g/mol. The van der Waals surface area contributed by atoms with Gasteiger partial charge in [0.1, 0.15) is 12.0 Å². The van der Waals surface area contributed by atoms with Gasteiger partial charge in [0.25, 0.3) is 0 Å². The van der Waals surface area contributed by atoms with Crippen LogP contribution in [0.3, 0.4) is 0 Å². The van der Waals surface area contributed by atoms with Gasteiger partial charge < -0.3 is 5.21 Å². The summed E-state index contributed by atoms with van der Waals surface area (Å²) < 4.78 is 12.9. The Morgan fingerprint density at radius 2 is 2.23 bits per heavy atom. The lowest BCUT2D eigenvalue weighted by Crippen LogP contribution is -2.05. The normalized spacial score (nSPS) is 10.5. The predicted octanol–water partition coefficient (Wildman–Crippen LogP) is 1.40. The van der Waals surface area contributed by atoms with Crippen molar-refractivity contribution >= 4 is 12.0 Å². The summed E-state index contributed by atoms with van der Waals surface area (Å²) in [7, 11) is 0. The summed E-state index contributed by atoms with van der Waals surface area (Å²) in [5.74, 6) is -0.866. The van der Waals surface area contributed by atoms with Crippen LogP contribution < -0.4 is 0 Å². The summed E-state index contributed by atoms with van der Waals surface area (Å²) in [5.41, 5.74) is 0.299. The molecule has 3 nitrogen and oxygen atoms in total. The van der Waals surface area contributed by atoms with Crippen molar-refractivity contribution in [1.82, 2.24) is 0 Å². The van der Waals surface area contributed by atoms with Crippen LogP contribution in [0.2, 0.25) is 0 Å². The third-order valence-corrected chi connectivity index (χ3v) is 1.52. The second-order valence-electron chi connectivity index (χ2n) is 2.48. The molecule has 0 unspecified atom stereocenters. The van der Waals surface area contributed by atoms with Crippen LogP contribution in [0.25, 0.3) is 0 Å². The van der Waals surface area contributed by atoms with Crippen LogP contribution in [-0.2, 0) is 11.2 Å². The van der Waals surface area contributed by atoms with Gasteiger partial charge in [0.2, 0.25) is 0 Å². The van der Waals surface area contributed by atoms with Gasteiger partial charge in [-0.15, -0.1) is 0 Å². The van der Waals surface area contributed by atoms with Crippen molar-refractivity contribution in [2.75, 3.05) is 0 Å². The molecule has 4 heteroatoms. The number of hydrogen-bond acceptors (Lipinski definition) is 3. The molecule has 0 fully saturated rings. The maximum Gasteiger partial charge on any atom is 0.181 e. The smallest absolute Gasteiger partial charge is 0.181 e. The first kappa shape index (κ1) is 9.38. The predicted molar refractivity (Wildman–Crippen MR) is 45.4 cm³/mol. The van der Waals surface area contributed by atoms with Crippen LogP contribution in [0.15, 0.2) is 29.4 Å². The van der Waals surface area contributed by atoms with E-state index < -0.39 is 11.6 Å². The Labute approximate surface area is 74.5 Å². The number of hydrogen-bond donors (Lipinski definition) is 1. The van der Waals surface area contributed by atoms with E-state index in [1.165, 1.54) is 12.1 Å². The number of halogens is 1. The van der Waals surface area contributed by atoms with E-state index in [9.17, 15) is 9.18 Å². The molecule has 0 spiro atoms. The number of carbonyl (C=O) groups is 1. The fourth-order valence-corrected chi connectivity index (χ4v) is 0.940. The molecule has 0 aliphatic carbocycles. The van der Waals surface area contributed by atoms with Crippen LogP contribution in [-0.4, -0.2) is 17.2 Å². The Balaban J connectivity index is 2.74. The zero-order valence-electron chi connectivity index (χ0n) is 6.77. The minimum absolute atomic E-state index is 0.0866. The lowest BCUT2D eigenvalue weighted by atomic mass is 10.1. The van der Waals surface area contributed by atoms with Crippen LogP contribution in [0.1, 0.15) is 5.56 Å². The van der Waals surface area contributed by atoms with Crippen LogP contribution in [0.4, 0.5) is 4.39 Å². The summed E-state index contributed by atoms with van der Waals surface area (Å²) in [6, 6.07) is 5.97. The van der Waals surface area contributed by atoms with Crippen molar-refractivity contribution in [3.05, 3.63) is 35.6 Å². The number of carbonyl (C=O) groups excluding carboxylic acids is 1. The molecule has 1 rings (SSSR count).